The van der Waals surface area contributed by atoms with Gasteiger partial charge in [-0.05, 0) is 19.4 Å². The van der Waals surface area contributed by atoms with Crippen LogP contribution in [-0.2, 0) is 6.54 Å². The average molecular weight is 222 g/mol. The normalized spacial score (nSPS) is 23.8. The van der Waals surface area contributed by atoms with Crippen molar-refractivity contribution in [2.45, 2.75) is 25.9 Å². The fraction of sp³-hybridized carbons (Fsp3) is 0.500. The summed E-state index contributed by atoms with van der Waals surface area (Å²) < 4.78 is 0. The van der Waals surface area contributed by atoms with Crippen LogP contribution in [0, 0.1) is 0 Å². The summed E-state index contributed by atoms with van der Waals surface area (Å²) >= 11 is 1.78. The lowest BCUT2D eigenvalue weighted by Crippen LogP contribution is -2.35. The van der Waals surface area contributed by atoms with Crippen molar-refractivity contribution in [2.24, 2.45) is 4.99 Å². The molecule has 0 aliphatic carbocycles. The lowest BCUT2D eigenvalue weighted by Gasteiger charge is -2.21. The van der Waals surface area contributed by atoms with E-state index in [4.69, 9.17) is 0 Å². The average Bonchev–Trinajstić information content (AvgIpc) is 2.28. The van der Waals surface area contributed by atoms with Crippen LogP contribution in [0.4, 0.5) is 0 Å². The van der Waals surface area contributed by atoms with Crippen LogP contribution in [0.15, 0.2) is 23.6 Å². The van der Waals surface area contributed by atoms with Gasteiger partial charge < -0.3 is 5.32 Å². The third-order valence-corrected chi connectivity index (χ3v) is 3.15. The van der Waals surface area contributed by atoms with Gasteiger partial charge in [-0.2, -0.15) is 0 Å². The second-order valence-electron chi connectivity index (χ2n) is 3.50. The Balaban J connectivity index is 1.93. The second-order valence-corrected chi connectivity index (χ2v) is 4.59. The fourth-order valence-corrected chi connectivity index (χ4v) is 2.42. The molecule has 0 spiro atoms. The predicted octanol–water partition coefficient (Wildman–Crippen LogP) is 1.45. The van der Waals surface area contributed by atoms with E-state index >= 15 is 0 Å². The largest absolute Gasteiger partial charge is 0.362 e. The van der Waals surface area contributed by atoms with Gasteiger partial charge in [0.15, 0.2) is 5.17 Å². The van der Waals surface area contributed by atoms with Crippen molar-refractivity contribution in [3.63, 3.8) is 0 Å². The first-order valence-electron chi connectivity index (χ1n) is 5.03. The quantitative estimate of drug-likeness (QED) is 0.823. The summed E-state index contributed by atoms with van der Waals surface area (Å²) in [5.74, 6) is 1.15. The monoisotopic (exact) mass is 222 g/mol. The molecule has 4 nitrogen and oxygen atoms in total. The SMILES string of the molecule is CC1CCSC(=NCc2ccncn2)N1. The Hall–Kier alpha value is -1.10. The number of thioether (sulfide) groups is 1. The molecular formula is C10H14N4S. The van der Waals surface area contributed by atoms with Gasteiger partial charge in [0.25, 0.3) is 0 Å². The number of hydrogen-bond acceptors (Lipinski definition) is 4. The van der Waals surface area contributed by atoms with Crippen LogP contribution in [-0.4, -0.2) is 26.9 Å². The van der Waals surface area contributed by atoms with Crippen molar-refractivity contribution < 1.29 is 0 Å². The molecular weight excluding hydrogens is 208 g/mol. The summed E-state index contributed by atoms with van der Waals surface area (Å²) in [6.45, 7) is 2.81. The Kier molecular flexibility index (Phi) is 3.55. The van der Waals surface area contributed by atoms with Gasteiger partial charge >= 0.3 is 0 Å². The van der Waals surface area contributed by atoms with Crippen molar-refractivity contribution in [1.29, 1.82) is 0 Å². The van der Waals surface area contributed by atoms with Gasteiger partial charge in [-0.3, -0.25) is 4.99 Å². The topological polar surface area (TPSA) is 50.2 Å². The molecule has 0 bridgehead atoms. The molecule has 0 amide bonds. The number of nitrogens with one attached hydrogen (secondary N) is 1. The minimum Gasteiger partial charge on any atom is -0.362 e. The molecule has 0 radical (unpaired) electrons. The molecule has 1 fully saturated rings. The maximum absolute atomic E-state index is 4.48. The Bertz CT molecular complexity index is 339. The molecule has 1 atom stereocenters. The van der Waals surface area contributed by atoms with E-state index in [2.05, 4.69) is 27.2 Å². The van der Waals surface area contributed by atoms with E-state index in [1.165, 1.54) is 6.42 Å². The number of nitrogens with zero attached hydrogens (tertiary/aromatic N) is 3. The van der Waals surface area contributed by atoms with Crippen molar-refractivity contribution in [3.05, 3.63) is 24.3 Å². The summed E-state index contributed by atoms with van der Waals surface area (Å²) in [7, 11) is 0. The van der Waals surface area contributed by atoms with E-state index in [1.54, 1.807) is 24.3 Å². The maximum atomic E-state index is 4.48. The number of hydrogen-bond donors (Lipinski definition) is 1. The molecule has 1 aromatic rings. The highest BCUT2D eigenvalue weighted by atomic mass is 32.2. The molecule has 1 aliphatic rings. The molecule has 0 aromatic carbocycles. The van der Waals surface area contributed by atoms with Crippen LogP contribution in [0.25, 0.3) is 0 Å². The standard InChI is InChI=1S/C10H14N4S/c1-8-3-5-15-10(14-8)12-6-9-2-4-11-7-13-9/h2,4,7-8H,3,5-6H2,1H3,(H,12,14). The molecule has 15 heavy (non-hydrogen) atoms. The molecule has 1 N–H and O–H groups in total. The zero-order valence-corrected chi connectivity index (χ0v) is 9.50. The molecule has 1 saturated heterocycles. The third-order valence-electron chi connectivity index (χ3n) is 2.19. The van der Waals surface area contributed by atoms with Crippen LogP contribution in [0.2, 0.25) is 0 Å². The van der Waals surface area contributed by atoms with E-state index in [-0.39, 0.29) is 0 Å². The lowest BCUT2D eigenvalue weighted by atomic mass is 10.3. The lowest BCUT2D eigenvalue weighted by molar-refractivity contribution is 0.642. The van der Waals surface area contributed by atoms with Crippen molar-refractivity contribution in [3.8, 4) is 0 Å². The first-order valence-corrected chi connectivity index (χ1v) is 6.02. The summed E-state index contributed by atoms with van der Waals surface area (Å²) in [5, 5.41) is 4.39. The molecule has 1 unspecified atom stereocenters. The maximum Gasteiger partial charge on any atom is 0.157 e. The molecule has 2 rings (SSSR count). The zero-order valence-electron chi connectivity index (χ0n) is 8.68. The Labute approximate surface area is 93.6 Å². The van der Waals surface area contributed by atoms with E-state index < -0.39 is 0 Å². The predicted molar refractivity (Wildman–Crippen MR) is 62.8 cm³/mol. The minimum absolute atomic E-state index is 0.537. The number of aliphatic imine (C=N–C) groups is 1. The van der Waals surface area contributed by atoms with E-state index in [1.807, 2.05) is 6.07 Å². The highest BCUT2D eigenvalue weighted by Crippen LogP contribution is 2.13. The summed E-state index contributed by atoms with van der Waals surface area (Å²) in [4.78, 5) is 12.5. The Morgan fingerprint density at radius 3 is 3.33 bits per heavy atom. The van der Waals surface area contributed by atoms with E-state index in [0.717, 1.165) is 16.6 Å². The molecule has 80 valence electrons. The van der Waals surface area contributed by atoms with Gasteiger partial charge in [0.2, 0.25) is 0 Å². The summed E-state index contributed by atoms with van der Waals surface area (Å²) in [5.41, 5.74) is 0.957. The van der Waals surface area contributed by atoms with Crippen LogP contribution < -0.4 is 5.32 Å². The highest BCUT2D eigenvalue weighted by Gasteiger charge is 2.12. The van der Waals surface area contributed by atoms with E-state index in [0.29, 0.717) is 12.6 Å². The fourth-order valence-electron chi connectivity index (χ4n) is 1.31. The molecule has 0 saturated carbocycles. The molecule has 1 aromatic heterocycles. The van der Waals surface area contributed by atoms with Crippen molar-refractivity contribution in [1.82, 2.24) is 15.3 Å². The first-order chi connectivity index (χ1) is 7.34. The van der Waals surface area contributed by atoms with Crippen LogP contribution in [0.3, 0.4) is 0 Å². The minimum atomic E-state index is 0.537. The number of aromatic nitrogens is 2. The van der Waals surface area contributed by atoms with Gasteiger partial charge in [-0.1, -0.05) is 11.8 Å². The van der Waals surface area contributed by atoms with Crippen LogP contribution in [0.5, 0.6) is 0 Å². The highest BCUT2D eigenvalue weighted by molar-refractivity contribution is 8.13. The zero-order chi connectivity index (χ0) is 10.5. The second kappa shape index (κ2) is 5.11. The Morgan fingerprint density at radius 2 is 2.60 bits per heavy atom. The molecule has 1 aliphatic heterocycles. The van der Waals surface area contributed by atoms with Crippen molar-refractivity contribution >= 4 is 16.9 Å². The van der Waals surface area contributed by atoms with Gasteiger partial charge in [0.05, 0.1) is 12.2 Å². The third kappa shape index (κ3) is 3.20. The smallest absolute Gasteiger partial charge is 0.157 e. The van der Waals surface area contributed by atoms with Crippen molar-refractivity contribution in [2.75, 3.05) is 5.75 Å². The molecule has 2 heterocycles. The number of rotatable bonds is 2. The van der Waals surface area contributed by atoms with Gasteiger partial charge in [-0.25, -0.2) is 9.97 Å². The summed E-state index contributed by atoms with van der Waals surface area (Å²) in [6, 6.07) is 2.43. The first kappa shape index (κ1) is 10.4. The van der Waals surface area contributed by atoms with Gasteiger partial charge in [0.1, 0.15) is 6.33 Å². The van der Waals surface area contributed by atoms with Crippen LogP contribution in [0.1, 0.15) is 19.0 Å². The van der Waals surface area contributed by atoms with Crippen LogP contribution >= 0.6 is 11.8 Å². The Morgan fingerprint density at radius 1 is 1.67 bits per heavy atom. The van der Waals surface area contributed by atoms with E-state index in [9.17, 15) is 0 Å². The number of amidine groups is 1. The molecule has 5 heteroatoms. The summed E-state index contributed by atoms with van der Waals surface area (Å²) in [6.07, 6.45) is 4.50. The van der Waals surface area contributed by atoms with Gasteiger partial charge in [0, 0.05) is 18.0 Å². The van der Waals surface area contributed by atoms with Gasteiger partial charge in [-0.15, -0.1) is 0 Å².